The molecule has 0 spiro atoms. The zero-order chi connectivity index (χ0) is 11.5. The van der Waals surface area contributed by atoms with E-state index in [-0.39, 0.29) is 5.75 Å². The molecule has 16 heavy (non-hydrogen) atoms. The summed E-state index contributed by atoms with van der Waals surface area (Å²) in [5.74, 6) is 0.181. The first kappa shape index (κ1) is 11.0. The number of phenolic OH excluding ortho intramolecular Hbond substituents is 1. The fourth-order valence-electron chi connectivity index (χ4n) is 1.08. The summed E-state index contributed by atoms with van der Waals surface area (Å²) in [4.78, 5) is 0. The molecule has 2 N–H and O–H groups in total. The lowest BCUT2D eigenvalue weighted by atomic mass is 10.2. The van der Waals surface area contributed by atoms with E-state index >= 15 is 0 Å². The molecular formula is C9H7BrN4OS. The zero-order valence-electron chi connectivity index (χ0n) is 7.96. The molecule has 1 aromatic carbocycles. The molecule has 0 bridgehead atoms. The fraction of sp³-hybridized carbons (Fsp3) is 0. The number of benzene rings is 1. The normalized spacial score (nSPS) is 11.1. The van der Waals surface area contributed by atoms with Gasteiger partial charge in [0.05, 0.1) is 6.21 Å². The van der Waals surface area contributed by atoms with Crippen molar-refractivity contribution >= 4 is 34.4 Å². The van der Waals surface area contributed by atoms with E-state index in [2.05, 4.69) is 31.2 Å². The molecule has 5 nitrogen and oxygen atoms in total. The van der Waals surface area contributed by atoms with Crippen molar-refractivity contribution in [1.82, 2.24) is 14.9 Å². The van der Waals surface area contributed by atoms with Gasteiger partial charge in [0, 0.05) is 10.0 Å². The Labute approximate surface area is 105 Å². The number of halogens is 1. The van der Waals surface area contributed by atoms with Crippen molar-refractivity contribution in [3.8, 4) is 5.75 Å². The van der Waals surface area contributed by atoms with Crippen LogP contribution in [0.4, 0.5) is 0 Å². The highest BCUT2D eigenvalue weighted by molar-refractivity contribution is 9.10. The second kappa shape index (κ2) is 4.58. The van der Waals surface area contributed by atoms with Gasteiger partial charge >= 0.3 is 0 Å². The van der Waals surface area contributed by atoms with E-state index in [0.717, 1.165) is 10.0 Å². The van der Waals surface area contributed by atoms with Crippen LogP contribution in [0.15, 0.2) is 34.1 Å². The zero-order valence-corrected chi connectivity index (χ0v) is 10.4. The Bertz CT molecular complexity index is 589. The van der Waals surface area contributed by atoms with E-state index in [1.807, 2.05) is 0 Å². The summed E-state index contributed by atoms with van der Waals surface area (Å²) < 4.78 is 2.67. The number of hydrogen-bond donors (Lipinski definition) is 2. The van der Waals surface area contributed by atoms with E-state index in [9.17, 15) is 5.11 Å². The number of phenols is 1. The van der Waals surface area contributed by atoms with E-state index in [1.54, 1.807) is 24.4 Å². The van der Waals surface area contributed by atoms with Crippen LogP contribution in [-0.4, -0.2) is 26.2 Å². The van der Waals surface area contributed by atoms with Crippen LogP contribution in [0.5, 0.6) is 5.75 Å². The monoisotopic (exact) mass is 298 g/mol. The summed E-state index contributed by atoms with van der Waals surface area (Å²) in [6, 6.07) is 4.92. The molecule has 1 aromatic heterocycles. The van der Waals surface area contributed by atoms with Crippen LogP contribution in [0, 0.1) is 4.77 Å². The Morgan fingerprint density at radius 3 is 3.06 bits per heavy atom. The molecule has 1 heterocycles. The van der Waals surface area contributed by atoms with E-state index in [0.29, 0.717) is 4.77 Å². The van der Waals surface area contributed by atoms with E-state index < -0.39 is 0 Å². The predicted octanol–water partition coefficient (Wildman–Crippen LogP) is 2.29. The molecule has 0 fully saturated rings. The summed E-state index contributed by atoms with van der Waals surface area (Å²) >= 11 is 8.28. The third kappa shape index (κ3) is 2.37. The third-order valence-corrected chi connectivity index (χ3v) is 2.84. The minimum Gasteiger partial charge on any atom is -0.508 e. The van der Waals surface area contributed by atoms with Gasteiger partial charge < -0.3 is 5.11 Å². The average Bonchev–Trinajstić information content (AvgIpc) is 2.66. The number of aromatic nitrogens is 3. The molecule has 0 aliphatic rings. The number of rotatable bonds is 2. The molecule has 0 aliphatic carbocycles. The van der Waals surface area contributed by atoms with E-state index in [1.165, 1.54) is 11.0 Å². The lowest BCUT2D eigenvalue weighted by Gasteiger charge is -1.98. The molecule has 82 valence electrons. The van der Waals surface area contributed by atoms with Crippen LogP contribution < -0.4 is 0 Å². The van der Waals surface area contributed by atoms with Gasteiger partial charge in [-0.2, -0.15) is 14.9 Å². The molecule has 0 amide bonds. The Balaban J connectivity index is 2.34. The maximum atomic E-state index is 9.32. The molecule has 0 unspecified atom stereocenters. The average molecular weight is 299 g/mol. The Morgan fingerprint density at radius 1 is 1.56 bits per heavy atom. The largest absolute Gasteiger partial charge is 0.508 e. The first-order valence-corrected chi connectivity index (χ1v) is 5.52. The molecule has 2 aromatic rings. The predicted molar refractivity (Wildman–Crippen MR) is 66.2 cm³/mol. The number of aromatic amines is 1. The van der Waals surface area contributed by atoms with Crippen LogP contribution in [-0.2, 0) is 0 Å². The quantitative estimate of drug-likeness (QED) is 0.660. The molecular weight excluding hydrogens is 292 g/mol. The summed E-state index contributed by atoms with van der Waals surface area (Å²) in [5.41, 5.74) is 0.753. The topological polar surface area (TPSA) is 66.2 Å². The van der Waals surface area contributed by atoms with Gasteiger partial charge in [-0.3, -0.25) is 5.10 Å². The first-order chi connectivity index (χ1) is 7.66. The van der Waals surface area contributed by atoms with Gasteiger partial charge in [0.25, 0.3) is 0 Å². The Hall–Kier alpha value is -1.47. The maximum Gasteiger partial charge on any atom is 0.216 e. The smallest absolute Gasteiger partial charge is 0.216 e. The molecule has 0 saturated carbocycles. The van der Waals surface area contributed by atoms with Crippen LogP contribution in [0.3, 0.4) is 0 Å². The third-order valence-electron chi connectivity index (χ3n) is 1.84. The highest BCUT2D eigenvalue weighted by Crippen LogP contribution is 2.19. The number of nitrogens with zero attached hydrogens (tertiary/aromatic N) is 3. The van der Waals surface area contributed by atoms with Crippen LogP contribution in [0.2, 0.25) is 0 Å². The molecule has 0 radical (unpaired) electrons. The summed E-state index contributed by atoms with van der Waals surface area (Å²) in [6.45, 7) is 0. The SMILES string of the molecule is Oc1ccc(Br)c(C=Nn2cn[nH]c2=S)c1. The van der Waals surface area contributed by atoms with Gasteiger partial charge in [0.15, 0.2) is 0 Å². The summed E-state index contributed by atoms with van der Waals surface area (Å²) in [7, 11) is 0. The summed E-state index contributed by atoms with van der Waals surface area (Å²) in [6.07, 6.45) is 3.05. The molecule has 7 heteroatoms. The second-order valence-electron chi connectivity index (χ2n) is 2.96. The van der Waals surface area contributed by atoms with Gasteiger partial charge in [0.2, 0.25) is 4.77 Å². The molecule has 0 aliphatic heterocycles. The van der Waals surface area contributed by atoms with Crippen molar-refractivity contribution in [1.29, 1.82) is 0 Å². The maximum absolute atomic E-state index is 9.32. The molecule has 0 saturated heterocycles. The Kier molecular flexibility index (Phi) is 3.16. The minimum absolute atomic E-state index is 0.181. The van der Waals surface area contributed by atoms with Crippen molar-refractivity contribution in [2.75, 3.05) is 0 Å². The van der Waals surface area contributed by atoms with Gasteiger partial charge in [-0.05, 0) is 30.4 Å². The molecule has 2 rings (SSSR count). The van der Waals surface area contributed by atoms with E-state index in [4.69, 9.17) is 12.2 Å². The van der Waals surface area contributed by atoms with Crippen LogP contribution in [0.1, 0.15) is 5.56 Å². The minimum atomic E-state index is 0.181. The highest BCUT2D eigenvalue weighted by atomic mass is 79.9. The van der Waals surface area contributed by atoms with Crippen LogP contribution in [0.25, 0.3) is 0 Å². The summed E-state index contributed by atoms with van der Waals surface area (Å²) in [5, 5.41) is 19.7. The van der Waals surface area contributed by atoms with Gasteiger partial charge in [-0.25, -0.2) is 0 Å². The second-order valence-corrected chi connectivity index (χ2v) is 4.20. The first-order valence-electron chi connectivity index (χ1n) is 4.32. The number of hydrogen-bond acceptors (Lipinski definition) is 4. The van der Waals surface area contributed by atoms with Crippen molar-refractivity contribution in [3.63, 3.8) is 0 Å². The Morgan fingerprint density at radius 2 is 2.38 bits per heavy atom. The molecule has 0 atom stereocenters. The van der Waals surface area contributed by atoms with Crippen molar-refractivity contribution in [2.45, 2.75) is 0 Å². The van der Waals surface area contributed by atoms with Crippen molar-refractivity contribution in [3.05, 3.63) is 39.3 Å². The fourth-order valence-corrected chi connectivity index (χ4v) is 1.58. The standard InChI is InChI=1S/C9H7BrN4OS/c10-8-2-1-7(15)3-6(8)4-12-14-5-11-13-9(14)16/h1-5,15H,(H,13,16). The van der Waals surface area contributed by atoms with Crippen molar-refractivity contribution < 1.29 is 5.11 Å². The van der Waals surface area contributed by atoms with Gasteiger partial charge in [-0.1, -0.05) is 15.9 Å². The number of nitrogens with one attached hydrogen (secondary N) is 1. The van der Waals surface area contributed by atoms with Gasteiger partial charge in [0.1, 0.15) is 12.1 Å². The van der Waals surface area contributed by atoms with Crippen molar-refractivity contribution in [2.24, 2.45) is 5.10 Å². The van der Waals surface area contributed by atoms with Crippen LogP contribution >= 0.6 is 28.1 Å². The lowest BCUT2D eigenvalue weighted by molar-refractivity contribution is 0.475. The lowest BCUT2D eigenvalue weighted by Crippen LogP contribution is -1.90. The van der Waals surface area contributed by atoms with Gasteiger partial charge in [-0.15, -0.1) is 0 Å². The highest BCUT2D eigenvalue weighted by Gasteiger charge is 1.98. The number of H-pyrrole nitrogens is 1. The number of aromatic hydroxyl groups is 1.